The maximum Gasteiger partial charge on any atom is 0.224 e. The van der Waals surface area contributed by atoms with E-state index in [1.165, 1.54) is 25.9 Å². The van der Waals surface area contributed by atoms with Crippen LogP contribution in [0.15, 0.2) is 0 Å². The average molecular weight is 253 g/mol. The summed E-state index contributed by atoms with van der Waals surface area (Å²) in [6.45, 7) is 8.46. The van der Waals surface area contributed by atoms with E-state index >= 15 is 0 Å². The lowest BCUT2D eigenvalue weighted by Gasteiger charge is -2.30. The van der Waals surface area contributed by atoms with Crippen molar-refractivity contribution in [2.24, 2.45) is 11.8 Å². The Bertz CT molecular complexity index is 256. The minimum absolute atomic E-state index is 0.195. The van der Waals surface area contributed by atoms with Gasteiger partial charge in [0, 0.05) is 19.6 Å². The molecule has 2 aliphatic heterocycles. The van der Waals surface area contributed by atoms with Crippen LogP contribution in [0.3, 0.4) is 0 Å². The molecule has 2 aliphatic rings. The molecule has 18 heavy (non-hydrogen) atoms. The van der Waals surface area contributed by atoms with E-state index in [2.05, 4.69) is 22.5 Å². The van der Waals surface area contributed by atoms with Gasteiger partial charge < -0.3 is 15.5 Å². The molecule has 0 bridgehead atoms. The normalized spacial score (nSPS) is 27.1. The van der Waals surface area contributed by atoms with Gasteiger partial charge in [-0.15, -0.1) is 0 Å². The van der Waals surface area contributed by atoms with Crippen molar-refractivity contribution in [3.8, 4) is 0 Å². The van der Waals surface area contributed by atoms with E-state index in [1.54, 1.807) is 0 Å². The molecule has 4 heteroatoms. The zero-order valence-corrected chi connectivity index (χ0v) is 11.6. The second kappa shape index (κ2) is 7.10. The fourth-order valence-corrected chi connectivity index (χ4v) is 2.84. The number of nitrogens with one attached hydrogen (secondary N) is 2. The summed E-state index contributed by atoms with van der Waals surface area (Å²) in [6.07, 6.45) is 4.78. The Hall–Kier alpha value is -0.610. The number of hydrogen-bond donors (Lipinski definition) is 2. The molecule has 1 atom stereocenters. The summed E-state index contributed by atoms with van der Waals surface area (Å²) in [5, 5.41) is 6.38. The molecule has 1 amide bonds. The summed E-state index contributed by atoms with van der Waals surface area (Å²) in [4.78, 5) is 14.4. The highest BCUT2D eigenvalue weighted by molar-refractivity contribution is 5.78. The fraction of sp³-hybridized carbons (Fsp3) is 0.929. The quantitative estimate of drug-likeness (QED) is 0.780. The molecule has 0 aromatic carbocycles. The van der Waals surface area contributed by atoms with Crippen molar-refractivity contribution in [1.82, 2.24) is 15.5 Å². The molecular formula is C14H27N3O. The van der Waals surface area contributed by atoms with Crippen LogP contribution in [-0.4, -0.2) is 50.1 Å². The van der Waals surface area contributed by atoms with Crippen molar-refractivity contribution >= 4 is 5.91 Å². The number of hydrogen-bond acceptors (Lipinski definition) is 3. The SMILES string of the molecule is CC1CCN(CCNC(=O)C2CCCNC2)CC1. The van der Waals surface area contributed by atoms with Crippen molar-refractivity contribution in [3.05, 3.63) is 0 Å². The molecule has 2 rings (SSSR count). The number of nitrogens with zero attached hydrogens (tertiary/aromatic N) is 1. The first-order chi connectivity index (χ1) is 8.75. The van der Waals surface area contributed by atoms with Crippen molar-refractivity contribution in [1.29, 1.82) is 0 Å². The largest absolute Gasteiger partial charge is 0.355 e. The number of carbonyl (C=O) groups is 1. The second-order valence-corrected chi connectivity index (χ2v) is 5.86. The number of amides is 1. The smallest absolute Gasteiger partial charge is 0.224 e. The highest BCUT2D eigenvalue weighted by Gasteiger charge is 2.21. The van der Waals surface area contributed by atoms with Crippen LogP contribution in [0.2, 0.25) is 0 Å². The first-order valence-corrected chi connectivity index (χ1v) is 7.46. The Balaban J connectivity index is 1.58. The van der Waals surface area contributed by atoms with Crippen molar-refractivity contribution in [2.75, 3.05) is 39.3 Å². The lowest BCUT2D eigenvalue weighted by molar-refractivity contribution is -0.125. The van der Waals surface area contributed by atoms with E-state index in [0.717, 1.165) is 44.9 Å². The Labute approximate surface area is 110 Å². The van der Waals surface area contributed by atoms with Gasteiger partial charge in [0.1, 0.15) is 0 Å². The van der Waals surface area contributed by atoms with Crippen molar-refractivity contribution in [3.63, 3.8) is 0 Å². The molecule has 0 radical (unpaired) electrons. The van der Waals surface area contributed by atoms with Crippen LogP contribution in [0.25, 0.3) is 0 Å². The van der Waals surface area contributed by atoms with Gasteiger partial charge in [0.15, 0.2) is 0 Å². The summed E-state index contributed by atoms with van der Waals surface area (Å²) in [5.74, 6) is 1.32. The van der Waals surface area contributed by atoms with Crippen LogP contribution < -0.4 is 10.6 Å². The van der Waals surface area contributed by atoms with Gasteiger partial charge in [-0.3, -0.25) is 4.79 Å². The minimum Gasteiger partial charge on any atom is -0.355 e. The number of carbonyl (C=O) groups excluding carboxylic acids is 1. The van der Waals surface area contributed by atoms with Crippen LogP contribution in [0, 0.1) is 11.8 Å². The highest BCUT2D eigenvalue weighted by Crippen LogP contribution is 2.15. The first-order valence-electron chi connectivity index (χ1n) is 7.46. The first kappa shape index (κ1) is 13.8. The molecule has 1 unspecified atom stereocenters. The minimum atomic E-state index is 0.195. The highest BCUT2D eigenvalue weighted by atomic mass is 16.1. The molecule has 2 fully saturated rings. The van der Waals surface area contributed by atoms with Crippen molar-refractivity contribution in [2.45, 2.75) is 32.6 Å². The molecule has 0 aromatic heterocycles. The third-order valence-electron chi connectivity index (χ3n) is 4.27. The topological polar surface area (TPSA) is 44.4 Å². The van der Waals surface area contributed by atoms with Gasteiger partial charge in [-0.1, -0.05) is 6.92 Å². The third-order valence-corrected chi connectivity index (χ3v) is 4.27. The number of piperidine rings is 2. The van der Waals surface area contributed by atoms with Gasteiger partial charge in [0.2, 0.25) is 5.91 Å². The fourth-order valence-electron chi connectivity index (χ4n) is 2.84. The summed E-state index contributed by atoms with van der Waals surface area (Å²) in [7, 11) is 0. The van der Waals surface area contributed by atoms with Crippen LogP contribution in [0.5, 0.6) is 0 Å². The lowest BCUT2D eigenvalue weighted by Crippen LogP contribution is -2.44. The summed E-state index contributed by atoms with van der Waals surface area (Å²) >= 11 is 0. The Morgan fingerprint density at radius 1 is 1.33 bits per heavy atom. The predicted molar refractivity (Wildman–Crippen MR) is 73.4 cm³/mol. The summed E-state index contributed by atoms with van der Waals surface area (Å²) < 4.78 is 0. The third kappa shape index (κ3) is 4.25. The lowest BCUT2D eigenvalue weighted by atomic mass is 9.98. The van der Waals surface area contributed by atoms with Crippen LogP contribution in [0.4, 0.5) is 0 Å². The van der Waals surface area contributed by atoms with E-state index in [-0.39, 0.29) is 11.8 Å². The summed E-state index contributed by atoms with van der Waals surface area (Å²) in [6, 6.07) is 0. The molecule has 104 valence electrons. The van der Waals surface area contributed by atoms with Gasteiger partial charge in [-0.25, -0.2) is 0 Å². The van der Waals surface area contributed by atoms with Crippen LogP contribution in [-0.2, 0) is 4.79 Å². The number of likely N-dealkylation sites (tertiary alicyclic amines) is 1. The van der Waals surface area contributed by atoms with E-state index < -0.39 is 0 Å². The molecule has 2 saturated heterocycles. The average Bonchev–Trinajstić information content (AvgIpc) is 2.42. The van der Waals surface area contributed by atoms with Gasteiger partial charge >= 0.3 is 0 Å². The summed E-state index contributed by atoms with van der Waals surface area (Å²) in [5.41, 5.74) is 0. The second-order valence-electron chi connectivity index (χ2n) is 5.86. The Morgan fingerprint density at radius 2 is 2.11 bits per heavy atom. The predicted octanol–water partition coefficient (Wildman–Crippen LogP) is 0.834. The standard InChI is InChI=1S/C14H27N3O/c1-12-4-8-17(9-5-12)10-7-16-14(18)13-3-2-6-15-11-13/h12-13,15H,2-11H2,1H3,(H,16,18). The molecular weight excluding hydrogens is 226 g/mol. The molecule has 0 saturated carbocycles. The molecule has 4 nitrogen and oxygen atoms in total. The monoisotopic (exact) mass is 253 g/mol. The van der Waals surface area contributed by atoms with Gasteiger partial charge in [-0.05, 0) is 51.2 Å². The zero-order chi connectivity index (χ0) is 12.8. The molecule has 2 heterocycles. The van der Waals surface area contributed by atoms with Crippen LogP contribution >= 0.6 is 0 Å². The molecule has 0 spiro atoms. The van der Waals surface area contributed by atoms with E-state index in [9.17, 15) is 4.79 Å². The van der Waals surface area contributed by atoms with Crippen molar-refractivity contribution < 1.29 is 4.79 Å². The van der Waals surface area contributed by atoms with E-state index in [1.807, 2.05) is 0 Å². The maximum absolute atomic E-state index is 11.9. The van der Waals surface area contributed by atoms with Gasteiger partial charge in [-0.2, -0.15) is 0 Å². The zero-order valence-electron chi connectivity index (χ0n) is 11.6. The van der Waals surface area contributed by atoms with Gasteiger partial charge in [0.25, 0.3) is 0 Å². The molecule has 0 aliphatic carbocycles. The van der Waals surface area contributed by atoms with Gasteiger partial charge in [0.05, 0.1) is 5.92 Å². The number of rotatable bonds is 4. The molecule has 0 aromatic rings. The van der Waals surface area contributed by atoms with E-state index in [4.69, 9.17) is 0 Å². The Kier molecular flexibility index (Phi) is 5.45. The Morgan fingerprint density at radius 3 is 2.78 bits per heavy atom. The maximum atomic E-state index is 11.9. The van der Waals surface area contributed by atoms with Crippen LogP contribution in [0.1, 0.15) is 32.6 Å². The van der Waals surface area contributed by atoms with E-state index in [0.29, 0.717) is 0 Å². The molecule has 2 N–H and O–H groups in total.